The molecule has 0 radical (unpaired) electrons. The number of carbonyl (C=O) groups is 3. The van der Waals surface area contributed by atoms with E-state index in [1.54, 1.807) is 43.4 Å². The average Bonchev–Trinajstić information content (AvgIpc) is 2.96. The summed E-state index contributed by atoms with van der Waals surface area (Å²) in [5, 5.41) is 0. The molecule has 0 spiro atoms. The van der Waals surface area contributed by atoms with Gasteiger partial charge in [0.25, 0.3) is 0 Å². The number of benzene rings is 1. The maximum Gasteiger partial charge on any atom is 0.240 e. The molecule has 1 aromatic carbocycles. The quantitative estimate of drug-likeness (QED) is 0.503. The minimum Gasteiger partial charge on any atom is -0.497 e. The van der Waals surface area contributed by atoms with E-state index in [1.165, 1.54) is 4.90 Å². The number of carbonyl (C=O) groups excluding carboxylic acids is 3. The predicted octanol–water partition coefficient (Wildman–Crippen LogP) is 3.01. The number of likely N-dealkylation sites (tertiary alicyclic amines) is 1. The fourth-order valence-corrected chi connectivity index (χ4v) is 4.01. The van der Waals surface area contributed by atoms with Gasteiger partial charge in [0.2, 0.25) is 17.7 Å². The molecular formula is C24H36N2O5. The first-order chi connectivity index (χ1) is 14.7. The number of hydrogen-bond donors (Lipinski definition) is 0. The van der Waals surface area contributed by atoms with Crippen molar-refractivity contribution in [1.82, 2.24) is 9.80 Å². The Hall–Kier alpha value is -2.41. The number of methoxy groups -OCH3 is 2. The van der Waals surface area contributed by atoms with Crippen molar-refractivity contribution in [3.05, 3.63) is 29.8 Å². The largest absolute Gasteiger partial charge is 0.497 e. The first-order valence-electron chi connectivity index (χ1n) is 10.9. The number of rotatable bonds is 11. The summed E-state index contributed by atoms with van der Waals surface area (Å²) in [6.07, 6.45) is 0.679. The fraction of sp³-hybridized carbons (Fsp3) is 0.625. The molecule has 1 saturated heterocycles. The van der Waals surface area contributed by atoms with Crippen LogP contribution in [0.4, 0.5) is 0 Å². The Kier molecular flexibility index (Phi) is 8.62. The van der Waals surface area contributed by atoms with Crippen LogP contribution in [0.5, 0.6) is 5.75 Å². The molecule has 3 amide bonds. The van der Waals surface area contributed by atoms with Crippen molar-refractivity contribution in [3.63, 3.8) is 0 Å². The summed E-state index contributed by atoms with van der Waals surface area (Å²) in [6.45, 7) is 9.20. The summed E-state index contributed by atoms with van der Waals surface area (Å²) >= 11 is 0. The molecule has 1 aromatic rings. The molecule has 7 heteroatoms. The molecule has 1 aliphatic rings. The van der Waals surface area contributed by atoms with E-state index in [1.807, 2.05) is 13.8 Å². The van der Waals surface area contributed by atoms with Gasteiger partial charge in [-0.25, -0.2) is 0 Å². The van der Waals surface area contributed by atoms with Crippen LogP contribution in [0.25, 0.3) is 0 Å². The van der Waals surface area contributed by atoms with E-state index in [-0.39, 0.29) is 36.6 Å². The summed E-state index contributed by atoms with van der Waals surface area (Å²) in [5.74, 6) is 0.357. The molecular weight excluding hydrogens is 396 g/mol. The predicted molar refractivity (Wildman–Crippen MR) is 119 cm³/mol. The van der Waals surface area contributed by atoms with Gasteiger partial charge in [0.05, 0.1) is 19.1 Å². The Labute approximate surface area is 185 Å². The molecule has 1 aliphatic heterocycles. The maximum absolute atomic E-state index is 13.6. The normalized spacial score (nSPS) is 18.9. The summed E-state index contributed by atoms with van der Waals surface area (Å²) in [4.78, 5) is 42.9. The Balaban J connectivity index is 2.42. The highest BCUT2D eigenvalue weighted by Crippen LogP contribution is 2.41. The lowest BCUT2D eigenvalue weighted by Crippen LogP contribution is -2.46. The van der Waals surface area contributed by atoms with Crippen LogP contribution in [0.2, 0.25) is 0 Å². The maximum atomic E-state index is 13.6. The highest BCUT2D eigenvalue weighted by atomic mass is 16.5. The summed E-state index contributed by atoms with van der Waals surface area (Å²) in [7, 11) is 3.16. The van der Waals surface area contributed by atoms with Gasteiger partial charge in [-0.2, -0.15) is 0 Å². The van der Waals surface area contributed by atoms with E-state index in [0.29, 0.717) is 36.9 Å². The highest BCUT2D eigenvalue weighted by molar-refractivity contribution is 6.10. The van der Waals surface area contributed by atoms with Gasteiger partial charge in [0.1, 0.15) is 5.75 Å². The molecule has 2 rings (SSSR count). The van der Waals surface area contributed by atoms with Crippen molar-refractivity contribution >= 4 is 17.7 Å². The molecule has 1 unspecified atom stereocenters. The Morgan fingerprint density at radius 1 is 1.13 bits per heavy atom. The van der Waals surface area contributed by atoms with E-state index in [4.69, 9.17) is 9.47 Å². The number of amides is 3. The third-order valence-electron chi connectivity index (χ3n) is 5.91. The summed E-state index contributed by atoms with van der Waals surface area (Å²) in [5.41, 5.74) is -0.528. The van der Waals surface area contributed by atoms with Crippen molar-refractivity contribution < 1.29 is 23.9 Å². The zero-order valence-corrected chi connectivity index (χ0v) is 19.6. The standard InChI is InChI=1S/C24H36N2O5/c1-17(2)11-12-26-22(28)16-24(23(26)29,19-7-9-20(31-6)10-8-19)15-21(27)25(18(3)4)13-14-30-5/h7-10,17-18H,11-16H2,1-6H3. The van der Waals surface area contributed by atoms with Crippen LogP contribution in [0.15, 0.2) is 24.3 Å². The van der Waals surface area contributed by atoms with Gasteiger partial charge in [0, 0.05) is 39.1 Å². The molecule has 0 bridgehead atoms. The zero-order valence-electron chi connectivity index (χ0n) is 19.6. The van der Waals surface area contributed by atoms with Gasteiger partial charge in [-0.15, -0.1) is 0 Å². The molecule has 0 aromatic heterocycles. The van der Waals surface area contributed by atoms with Crippen LogP contribution in [0.1, 0.15) is 52.5 Å². The third-order valence-corrected chi connectivity index (χ3v) is 5.91. The molecule has 0 saturated carbocycles. The minimum atomic E-state index is -1.20. The van der Waals surface area contributed by atoms with Gasteiger partial charge in [0.15, 0.2) is 0 Å². The van der Waals surface area contributed by atoms with Crippen LogP contribution in [-0.2, 0) is 24.5 Å². The van der Waals surface area contributed by atoms with Crippen LogP contribution in [0.3, 0.4) is 0 Å². The Bertz CT molecular complexity index is 775. The van der Waals surface area contributed by atoms with Gasteiger partial charge < -0.3 is 14.4 Å². The van der Waals surface area contributed by atoms with Crippen molar-refractivity contribution in [2.45, 2.75) is 58.4 Å². The van der Waals surface area contributed by atoms with Crippen LogP contribution >= 0.6 is 0 Å². The monoisotopic (exact) mass is 432 g/mol. The fourth-order valence-electron chi connectivity index (χ4n) is 4.01. The Morgan fingerprint density at radius 2 is 1.77 bits per heavy atom. The minimum absolute atomic E-state index is 0.00178. The second-order valence-corrected chi connectivity index (χ2v) is 8.87. The van der Waals surface area contributed by atoms with Crippen LogP contribution in [-0.4, -0.2) is 67.5 Å². The number of nitrogens with zero attached hydrogens (tertiary/aromatic N) is 2. The highest BCUT2D eigenvalue weighted by Gasteiger charge is 2.54. The van der Waals surface area contributed by atoms with Gasteiger partial charge in [-0.1, -0.05) is 26.0 Å². The lowest BCUT2D eigenvalue weighted by molar-refractivity contribution is -0.143. The number of ether oxygens (including phenoxy) is 2. The van der Waals surface area contributed by atoms with E-state index < -0.39 is 5.41 Å². The second-order valence-electron chi connectivity index (χ2n) is 8.87. The van der Waals surface area contributed by atoms with Crippen molar-refractivity contribution in [2.75, 3.05) is 33.9 Å². The second kappa shape index (κ2) is 10.8. The first kappa shape index (κ1) is 24.9. The SMILES string of the molecule is COCCN(C(=O)CC1(c2ccc(OC)cc2)CC(=O)N(CCC(C)C)C1=O)C(C)C. The molecule has 0 aliphatic carbocycles. The van der Waals surface area contributed by atoms with Crippen LogP contribution in [0, 0.1) is 5.92 Å². The summed E-state index contributed by atoms with van der Waals surface area (Å²) in [6, 6.07) is 7.07. The Morgan fingerprint density at radius 3 is 2.29 bits per heavy atom. The van der Waals surface area contributed by atoms with Gasteiger partial charge in [-0.05, 0) is 43.9 Å². The van der Waals surface area contributed by atoms with Crippen LogP contribution < -0.4 is 4.74 Å². The van der Waals surface area contributed by atoms with Crippen molar-refractivity contribution in [2.24, 2.45) is 5.92 Å². The lowest BCUT2D eigenvalue weighted by Gasteiger charge is -2.32. The zero-order chi connectivity index (χ0) is 23.2. The molecule has 7 nitrogen and oxygen atoms in total. The van der Waals surface area contributed by atoms with Gasteiger partial charge in [-0.3, -0.25) is 19.3 Å². The molecule has 172 valence electrons. The van der Waals surface area contributed by atoms with Crippen molar-refractivity contribution in [3.8, 4) is 5.75 Å². The number of hydrogen-bond acceptors (Lipinski definition) is 5. The molecule has 1 fully saturated rings. The van der Waals surface area contributed by atoms with Crippen molar-refractivity contribution in [1.29, 1.82) is 0 Å². The molecule has 0 N–H and O–H groups in total. The summed E-state index contributed by atoms with van der Waals surface area (Å²) < 4.78 is 10.4. The topological polar surface area (TPSA) is 76.2 Å². The molecule has 1 heterocycles. The average molecular weight is 433 g/mol. The molecule has 1 atom stereocenters. The smallest absolute Gasteiger partial charge is 0.240 e. The third kappa shape index (κ3) is 5.64. The van der Waals surface area contributed by atoms with E-state index in [9.17, 15) is 14.4 Å². The first-order valence-corrected chi connectivity index (χ1v) is 10.9. The van der Waals surface area contributed by atoms with E-state index in [0.717, 1.165) is 6.42 Å². The number of imide groups is 1. The van der Waals surface area contributed by atoms with E-state index >= 15 is 0 Å². The van der Waals surface area contributed by atoms with Gasteiger partial charge >= 0.3 is 0 Å². The lowest BCUT2D eigenvalue weighted by atomic mass is 9.75. The van der Waals surface area contributed by atoms with E-state index in [2.05, 4.69) is 13.8 Å². The molecule has 31 heavy (non-hydrogen) atoms.